The smallest absolute Gasteiger partial charge is 0.153 e. The molecule has 18 heavy (non-hydrogen) atoms. The molecular weight excluding hydrogens is 286 g/mol. The second kappa shape index (κ2) is 5.82. The maximum atomic E-state index is 5.99. The number of nitrogens with two attached hydrogens (primary N) is 1. The molecule has 0 bridgehead atoms. The molecule has 6 heteroatoms. The van der Waals surface area contributed by atoms with E-state index in [2.05, 4.69) is 16.6 Å². The number of aromatic nitrogens is 1. The quantitative estimate of drug-likeness (QED) is 0.828. The van der Waals surface area contributed by atoms with Crippen LogP contribution in [0.4, 0.5) is 10.8 Å². The Kier molecular flexibility index (Phi) is 4.37. The maximum absolute atomic E-state index is 5.99. The molecule has 0 saturated carbocycles. The predicted octanol–water partition coefficient (Wildman–Crippen LogP) is 4.27. The molecule has 3 N–H and O–H groups in total. The van der Waals surface area contributed by atoms with Gasteiger partial charge in [0.25, 0.3) is 0 Å². The lowest BCUT2D eigenvalue weighted by molar-refractivity contribution is 0.885. The average Bonchev–Trinajstić information content (AvgIpc) is 2.69. The summed E-state index contributed by atoms with van der Waals surface area (Å²) in [5, 5.41) is 5.17. The number of nitrogens with zero attached hydrogens (tertiary/aromatic N) is 1. The zero-order valence-electron chi connectivity index (χ0n) is 10.1. The first-order valence-corrected chi connectivity index (χ1v) is 7.80. The molecule has 0 radical (unpaired) electrons. The molecule has 1 unspecified atom stereocenters. The largest absolute Gasteiger partial charge is 0.382 e. The van der Waals surface area contributed by atoms with Gasteiger partial charge in [-0.2, -0.15) is 4.37 Å². The molecule has 0 spiro atoms. The van der Waals surface area contributed by atoms with Gasteiger partial charge in [-0.15, -0.1) is 11.8 Å². The van der Waals surface area contributed by atoms with E-state index in [0.29, 0.717) is 5.82 Å². The normalized spacial score (nSPS) is 12.4. The van der Waals surface area contributed by atoms with Crippen LogP contribution in [0.25, 0.3) is 0 Å². The van der Waals surface area contributed by atoms with Crippen molar-refractivity contribution in [3.8, 4) is 0 Å². The van der Waals surface area contributed by atoms with Gasteiger partial charge in [0.2, 0.25) is 0 Å². The molecule has 0 aliphatic rings. The Morgan fingerprint density at radius 3 is 2.94 bits per heavy atom. The second-order valence-corrected chi connectivity index (χ2v) is 5.88. The van der Waals surface area contributed by atoms with Crippen LogP contribution in [0.15, 0.2) is 29.2 Å². The van der Waals surface area contributed by atoms with Crippen molar-refractivity contribution >= 4 is 45.7 Å². The van der Waals surface area contributed by atoms with Crippen molar-refractivity contribution in [1.82, 2.24) is 4.37 Å². The summed E-state index contributed by atoms with van der Waals surface area (Å²) in [7, 11) is 0. The van der Waals surface area contributed by atoms with Crippen molar-refractivity contribution in [2.75, 3.05) is 17.3 Å². The first-order valence-electron chi connectivity index (χ1n) is 5.43. The fourth-order valence-corrected chi connectivity index (χ4v) is 3.45. The molecule has 0 amide bonds. The minimum atomic E-state index is 0.162. The molecule has 0 fully saturated rings. The highest BCUT2D eigenvalue weighted by molar-refractivity contribution is 7.99. The Morgan fingerprint density at radius 1 is 1.50 bits per heavy atom. The van der Waals surface area contributed by atoms with E-state index >= 15 is 0 Å². The van der Waals surface area contributed by atoms with Crippen LogP contribution in [0.1, 0.15) is 18.5 Å². The standard InChI is InChI=1S/C12H14ClN3S2/c1-7(8-4-3-5-9(13)6-8)15-12-10(17-2)11(14)16-18-12/h3-7,15H,1-2H3,(H2,14,16). The van der Waals surface area contributed by atoms with Crippen molar-refractivity contribution in [1.29, 1.82) is 0 Å². The van der Waals surface area contributed by atoms with E-state index in [1.807, 2.05) is 30.5 Å². The summed E-state index contributed by atoms with van der Waals surface area (Å²) in [5.41, 5.74) is 6.95. The molecule has 1 atom stereocenters. The van der Waals surface area contributed by atoms with Crippen LogP contribution >= 0.6 is 34.9 Å². The summed E-state index contributed by atoms with van der Waals surface area (Å²) in [6, 6.07) is 7.99. The Balaban J connectivity index is 2.18. The van der Waals surface area contributed by atoms with Crippen molar-refractivity contribution in [3.63, 3.8) is 0 Å². The number of benzene rings is 1. The number of hydrogen-bond donors (Lipinski definition) is 2. The molecule has 0 saturated heterocycles. The predicted molar refractivity (Wildman–Crippen MR) is 81.8 cm³/mol. The van der Waals surface area contributed by atoms with Gasteiger partial charge >= 0.3 is 0 Å². The third kappa shape index (κ3) is 2.91. The van der Waals surface area contributed by atoms with Crippen LogP contribution in [0.5, 0.6) is 0 Å². The lowest BCUT2D eigenvalue weighted by Gasteiger charge is -2.15. The highest BCUT2D eigenvalue weighted by atomic mass is 35.5. The van der Waals surface area contributed by atoms with Gasteiger partial charge in [0.05, 0.1) is 4.90 Å². The van der Waals surface area contributed by atoms with Crippen molar-refractivity contribution < 1.29 is 0 Å². The second-order valence-electron chi connectivity index (χ2n) is 3.85. The number of rotatable bonds is 4. The minimum Gasteiger partial charge on any atom is -0.382 e. The highest BCUT2D eigenvalue weighted by Gasteiger charge is 2.13. The van der Waals surface area contributed by atoms with Crippen molar-refractivity contribution in [2.45, 2.75) is 17.9 Å². The van der Waals surface area contributed by atoms with Crippen LogP contribution in [0.2, 0.25) is 5.02 Å². The van der Waals surface area contributed by atoms with Gasteiger partial charge in [0.1, 0.15) is 5.00 Å². The monoisotopic (exact) mass is 299 g/mol. The first kappa shape index (κ1) is 13.5. The zero-order valence-corrected chi connectivity index (χ0v) is 12.5. The van der Waals surface area contributed by atoms with Gasteiger partial charge < -0.3 is 11.1 Å². The van der Waals surface area contributed by atoms with Gasteiger partial charge in [-0.25, -0.2) is 0 Å². The SMILES string of the molecule is CSc1c(N)nsc1NC(C)c1cccc(Cl)c1. The van der Waals surface area contributed by atoms with E-state index in [-0.39, 0.29) is 6.04 Å². The Labute approximate surface area is 120 Å². The Bertz CT molecular complexity index is 542. The van der Waals surface area contributed by atoms with Crippen LogP contribution in [-0.4, -0.2) is 10.6 Å². The van der Waals surface area contributed by atoms with Crippen LogP contribution in [0.3, 0.4) is 0 Å². The number of halogens is 1. The lowest BCUT2D eigenvalue weighted by atomic mass is 10.1. The summed E-state index contributed by atoms with van der Waals surface area (Å²) >= 11 is 8.98. The zero-order chi connectivity index (χ0) is 13.1. The van der Waals surface area contributed by atoms with Crippen molar-refractivity contribution in [2.24, 2.45) is 0 Å². The van der Waals surface area contributed by atoms with E-state index in [1.54, 1.807) is 11.8 Å². The van der Waals surface area contributed by atoms with Crippen LogP contribution in [-0.2, 0) is 0 Å². The highest BCUT2D eigenvalue weighted by Crippen LogP contribution is 2.36. The van der Waals surface area contributed by atoms with Gasteiger partial charge in [-0.3, -0.25) is 0 Å². The molecule has 1 heterocycles. The molecule has 96 valence electrons. The first-order chi connectivity index (χ1) is 8.61. The molecule has 2 rings (SSSR count). The Morgan fingerprint density at radius 2 is 2.28 bits per heavy atom. The van der Waals surface area contributed by atoms with Gasteiger partial charge in [-0.1, -0.05) is 23.7 Å². The number of nitrogen functional groups attached to an aromatic ring is 1. The molecule has 1 aromatic carbocycles. The molecule has 0 aliphatic carbocycles. The summed E-state index contributed by atoms with van der Waals surface area (Å²) in [6.45, 7) is 2.09. The number of nitrogens with one attached hydrogen (secondary N) is 1. The number of thioether (sulfide) groups is 1. The van der Waals surface area contributed by atoms with Crippen LogP contribution in [0, 0.1) is 0 Å². The average molecular weight is 300 g/mol. The number of hydrogen-bond acceptors (Lipinski definition) is 5. The molecular formula is C12H14ClN3S2. The summed E-state index contributed by atoms with van der Waals surface area (Å²) in [4.78, 5) is 1.01. The third-order valence-corrected chi connectivity index (χ3v) is 4.55. The topological polar surface area (TPSA) is 50.9 Å². The lowest BCUT2D eigenvalue weighted by Crippen LogP contribution is -2.06. The minimum absolute atomic E-state index is 0.162. The van der Waals surface area contributed by atoms with Crippen molar-refractivity contribution in [3.05, 3.63) is 34.9 Å². The van der Waals surface area contributed by atoms with E-state index < -0.39 is 0 Å². The Hall–Kier alpha value is -0.910. The maximum Gasteiger partial charge on any atom is 0.153 e. The van der Waals surface area contributed by atoms with Gasteiger partial charge in [0.15, 0.2) is 5.82 Å². The fraction of sp³-hybridized carbons (Fsp3) is 0.250. The summed E-state index contributed by atoms with van der Waals surface area (Å²) in [6.07, 6.45) is 2.00. The molecule has 0 aliphatic heterocycles. The summed E-state index contributed by atoms with van der Waals surface area (Å²) < 4.78 is 4.16. The van der Waals surface area contributed by atoms with E-state index in [0.717, 1.165) is 20.5 Å². The molecule has 3 nitrogen and oxygen atoms in total. The molecule has 1 aromatic heterocycles. The van der Waals surface area contributed by atoms with Gasteiger partial charge in [0, 0.05) is 11.1 Å². The van der Waals surface area contributed by atoms with E-state index in [1.165, 1.54) is 11.5 Å². The van der Waals surface area contributed by atoms with Crippen LogP contribution < -0.4 is 11.1 Å². The van der Waals surface area contributed by atoms with Gasteiger partial charge in [-0.05, 0) is 42.4 Å². The third-order valence-electron chi connectivity index (χ3n) is 2.57. The summed E-state index contributed by atoms with van der Waals surface area (Å²) in [5.74, 6) is 0.591. The van der Waals surface area contributed by atoms with E-state index in [4.69, 9.17) is 17.3 Å². The van der Waals surface area contributed by atoms with E-state index in [9.17, 15) is 0 Å². The fourth-order valence-electron chi connectivity index (χ4n) is 1.64. The molecule has 2 aromatic rings. The number of anilines is 2.